The SMILES string of the molecule is CC1CCSC1C(=O)Nc1cccc(NC(=O)c2cc(O)cc(=O)o2)c1. The summed E-state index contributed by atoms with van der Waals surface area (Å²) in [5.41, 5.74) is 0.162. The van der Waals surface area contributed by atoms with Gasteiger partial charge < -0.3 is 20.2 Å². The summed E-state index contributed by atoms with van der Waals surface area (Å²) in [5.74, 6) is -0.0820. The molecule has 3 rings (SSSR count). The molecule has 136 valence electrons. The lowest BCUT2D eigenvalue weighted by Gasteiger charge is -2.15. The highest BCUT2D eigenvalue weighted by atomic mass is 32.2. The Hall–Kier alpha value is -2.74. The van der Waals surface area contributed by atoms with Crippen molar-refractivity contribution in [3.8, 4) is 5.75 Å². The van der Waals surface area contributed by atoms with Crippen molar-refractivity contribution in [2.45, 2.75) is 18.6 Å². The first-order valence-corrected chi connectivity index (χ1v) is 9.15. The van der Waals surface area contributed by atoms with E-state index in [1.165, 1.54) is 0 Å². The lowest BCUT2D eigenvalue weighted by molar-refractivity contribution is -0.116. The van der Waals surface area contributed by atoms with Gasteiger partial charge in [-0.1, -0.05) is 13.0 Å². The van der Waals surface area contributed by atoms with Crippen LogP contribution < -0.4 is 16.3 Å². The molecule has 8 heteroatoms. The number of carbonyl (C=O) groups excluding carboxylic acids is 2. The smallest absolute Gasteiger partial charge is 0.340 e. The molecule has 2 aromatic rings. The molecule has 1 fully saturated rings. The van der Waals surface area contributed by atoms with Crippen LogP contribution in [0, 0.1) is 5.92 Å². The van der Waals surface area contributed by atoms with Gasteiger partial charge in [0.1, 0.15) is 5.75 Å². The fraction of sp³-hybridized carbons (Fsp3) is 0.278. The molecule has 2 heterocycles. The molecule has 1 aliphatic rings. The van der Waals surface area contributed by atoms with E-state index in [0.29, 0.717) is 17.3 Å². The fourth-order valence-electron chi connectivity index (χ4n) is 2.69. The van der Waals surface area contributed by atoms with Crippen LogP contribution in [-0.2, 0) is 4.79 Å². The van der Waals surface area contributed by atoms with E-state index in [0.717, 1.165) is 24.3 Å². The first-order chi connectivity index (χ1) is 12.4. The maximum Gasteiger partial charge on any atom is 0.340 e. The molecule has 0 saturated carbocycles. The van der Waals surface area contributed by atoms with Gasteiger partial charge in [0.2, 0.25) is 5.91 Å². The van der Waals surface area contributed by atoms with Crippen LogP contribution in [0.1, 0.15) is 23.9 Å². The van der Waals surface area contributed by atoms with E-state index in [4.69, 9.17) is 4.42 Å². The summed E-state index contributed by atoms with van der Waals surface area (Å²) in [4.78, 5) is 35.8. The van der Waals surface area contributed by atoms with Crippen LogP contribution in [0.5, 0.6) is 5.75 Å². The third kappa shape index (κ3) is 4.26. The summed E-state index contributed by atoms with van der Waals surface area (Å²) in [6.07, 6.45) is 1.02. The van der Waals surface area contributed by atoms with E-state index in [9.17, 15) is 19.5 Å². The number of aromatic hydroxyl groups is 1. The first kappa shape index (κ1) is 18.1. The maximum atomic E-state index is 12.4. The van der Waals surface area contributed by atoms with Crippen LogP contribution in [0.2, 0.25) is 0 Å². The van der Waals surface area contributed by atoms with E-state index in [2.05, 4.69) is 17.6 Å². The number of anilines is 2. The summed E-state index contributed by atoms with van der Waals surface area (Å²) in [5, 5.41) is 14.7. The molecule has 7 nitrogen and oxygen atoms in total. The third-order valence-electron chi connectivity index (χ3n) is 4.01. The molecule has 0 radical (unpaired) electrons. The highest BCUT2D eigenvalue weighted by molar-refractivity contribution is 8.00. The zero-order chi connectivity index (χ0) is 18.7. The van der Waals surface area contributed by atoms with Crippen LogP contribution in [0.4, 0.5) is 11.4 Å². The number of carbonyl (C=O) groups is 2. The first-order valence-electron chi connectivity index (χ1n) is 8.10. The lowest BCUT2D eigenvalue weighted by Crippen LogP contribution is -2.27. The molecule has 2 amide bonds. The molecule has 1 aromatic carbocycles. The molecule has 0 bridgehead atoms. The highest BCUT2D eigenvalue weighted by Gasteiger charge is 2.30. The average Bonchev–Trinajstić information content (AvgIpc) is 3.00. The number of hydrogen-bond acceptors (Lipinski definition) is 6. The van der Waals surface area contributed by atoms with Gasteiger partial charge in [-0.25, -0.2) is 4.79 Å². The van der Waals surface area contributed by atoms with E-state index in [1.54, 1.807) is 36.0 Å². The van der Waals surface area contributed by atoms with Gasteiger partial charge in [-0.05, 0) is 36.3 Å². The van der Waals surface area contributed by atoms with Crippen molar-refractivity contribution in [3.05, 3.63) is 52.6 Å². The van der Waals surface area contributed by atoms with Crippen molar-refractivity contribution in [2.75, 3.05) is 16.4 Å². The number of amides is 2. The molecule has 3 N–H and O–H groups in total. The van der Waals surface area contributed by atoms with Gasteiger partial charge in [0.25, 0.3) is 5.91 Å². The lowest BCUT2D eigenvalue weighted by atomic mass is 10.0. The van der Waals surface area contributed by atoms with Crippen molar-refractivity contribution in [3.63, 3.8) is 0 Å². The van der Waals surface area contributed by atoms with E-state index in [1.807, 2.05) is 0 Å². The second-order valence-electron chi connectivity index (χ2n) is 6.08. The second-order valence-corrected chi connectivity index (χ2v) is 7.33. The van der Waals surface area contributed by atoms with Gasteiger partial charge in [-0.2, -0.15) is 0 Å². The summed E-state index contributed by atoms with van der Waals surface area (Å²) < 4.78 is 4.77. The molecule has 2 atom stereocenters. The average molecular weight is 374 g/mol. The number of hydrogen-bond donors (Lipinski definition) is 3. The number of rotatable bonds is 4. The van der Waals surface area contributed by atoms with Gasteiger partial charge in [0.15, 0.2) is 5.76 Å². The molecular formula is C18H18N2O5S. The van der Waals surface area contributed by atoms with Crippen molar-refractivity contribution in [1.82, 2.24) is 0 Å². The zero-order valence-electron chi connectivity index (χ0n) is 14.0. The highest BCUT2D eigenvalue weighted by Crippen LogP contribution is 2.32. The Morgan fingerprint density at radius 2 is 1.92 bits per heavy atom. The molecule has 1 aromatic heterocycles. The van der Waals surface area contributed by atoms with E-state index in [-0.39, 0.29) is 22.7 Å². The number of thioether (sulfide) groups is 1. The predicted molar refractivity (Wildman–Crippen MR) is 99.7 cm³/mol. The Balaban J connectivity index is 1.70. The van der Waals surface area contributed by atoms with Crippen molar-refractivity contribution >= 4 is 35.0 Å². The third-order valence-corrected chi connectivity index (χ3v) is 5.52. The zero-order valence-corrected chi connectivity index (χ0v) is 14.8. The Bertz CT molecular complexity index is 895. The molecule has 0 spiro atoms. The van der Waals surface area contributed by atoms with Gasteiger partial charge in [0.05, 0.1) is 11.3 Å². The quantitative estimate of drug-likeness (QED) is 0.759. The minimum atomic E-state index is -0.820. The Morgan fingerprint density at radius 3 is 2.58 bits per heavy atom. The molecule has 1 saturated heterocycles. The summed E-state index contributed by atoms with van der Waals surface area (Å²) >= 11 is 1.65. The Morgan fingerprint density at radius 1 is 1.19 bits per heavy atom. The fourth-order valence-corrected chi connectivity index (χ4v) is 4.12. The number of benzene rings is 1. The molecule has 0 aliphatic carbocycles. The largest absolute Gasteiger partial charge is 0.508 e. The Labute approximate surface area is 153 Å². The molecule has 1 aliphatic heterocycles. The summed E-state index contributed by atoms with van der Waals surface area (Å²) in [7, 11) is 0. The van der Waals surface area contributed by atoms with Crippen LogP contribution in [0.15, 0.2) is 45.6 Å². The van der Waals surface area contributed by atoms with Gasteiger partial charge >= 0.3 is 5.63 Å². The number of nitrogens with one attached hydrogen (secondary N) is 2. The van der Waals surface area contributed by atoms with Crippen LogP contribution >= 0.6 is 11.8 Å². The summed E-state index contributed by atoms with van der Waals surface area (Å²) in [6.45, 7) is 2.06. The van der Waals surface area contributed by atoms with Crippen molar-refractivity contribution in [1.29, 1.82) is 0 Å². The van der Waals surface area contributed by atoms with Gasteiger partial charge in [-0.3, -0.25) is 9.59 Å². The molecular weight excluding hydrogens is 356 g/mol. The second kappa shape index (κ2) is 7.65. The van der Waals surface area contributed by atoms with Gasteiger partial charge in [-0.15, -0.1) is 11.8 Å². The van der Waals surface area contributed by atoms with Crippen molar-refractivity contribution in [2.24, 2.45) is 5.92 Å². The molecule has 2 unspecified atom stereocenters. The van der Waals surface area contributed by atoms with Gasteiger partial charge in [0, 0.05) is 17.4 Å². The minimum absolute atomic E-state index is 0.0533. The summed E-state index contributed by atoms with van der Waals surface area (Å²) in [6, 6.07) is 8.60. The minimum Gasteiger partial charge on any atom is -0.508 e. The van der Waals surface area contributed by atoms with Crippen LogP contribution in [0.25, 0.3) is 0 Å². The predicted octanol–water partition coefficient (Wildman–Crippen LogP) is 2.68. The van der Waals surface area contributed by atoms with E-state index >= 15 is 0 Å². The van der Waals surface area contributed by atoms with Crippen LogP contribution in [0.3, 0.4) is 0 Å². The standard InChI is InChI=1S/C18H18N2O5S/c1-10-5-6-26-16(10)18(24)20-12-4-2-3-11(7-12)19-17(23)14-8-13(21)9-15(22)25-14/h2-4,7-10,16,21H,5-6H2,1H3,(H,19,23)(H,20,24). The molecule has 26 heavy (non-hydrogen) atoms. The normalized spacial score (nSPS) is 19.1. The monoisotopic (exact) mass is 374 g/mol. The van der Waals surface area contributed by atoms with E-state index < -0.39 is 11.5 Å². The van der Waals surface area contributed by atoms with Crippen molar-refractivity contribution < 1.29 is 19.1 Å². The maximum absolute atomic E-state index is 12.4. The Kier molecular flexibility index (Phi) is 5.32. The topological polar surface area (TPSA) is 109 Å². The van der Waals surface area contributed by atoms with Crippen LogP contribution in [-0.4, -0.2) is 27.9 Å².